The monoisotopic (exact) mass is 582 g/mol. The molecule has 0 aliphatic rings. The number of thiophene rings is 1. The number of nitrogens with zero attached hydrogens (tertiary/aromatic N) is 2. The normalized spacial score (nSPS) is 11.3. The van der Waals surface area contributed by atoms with E-state index in [2.05, 4.69) is 20.6 Å². The van der Waals surface area contributed by atoms with Crippen LogP contribution in [0.2, 0.25) is 4.34 Å². The van der Waals surface area contributed by atoms with Crippen LogP contribution in [-0.4, -0.2) is 29.0 Å². The molecule has 0 aliphatic heterocycles. The highest BCUT2D eigenvalue weighted by Gasteiger charge is 2.20. The van der Waals surface area contributed by atoms with E-state index in [0.717, 1.165) is 27.2 Å². The number of rotatable bonds is 7. The van der Waals surface area contributed by atoms with Gasteiger partial charge in [0.05, 0.1) is 20.9 Å². The third-order valence-corrected chi connectivity index (χ3v) is 8.59. The van der Waals surface area contributed by atoms with Crippen LogP contribution in [-0.2, 0) is 16.6 Å². The number of aromatic nitrogens is 3. The highest BCUT2D eigenvalue weighted by atomic mass is 35.5. The second-order valence-corrected chi connectivity index (χ2v) is 11.8. The van der Waals surface area contributed by atoms with E-state index in [1.165, 1.54) is 36.4 Å². The number of pyridine rings is 1. The summed E-state index contributed by atoms with van der Waals surface area (Å²) in [4.78, 5) is 45.0. The fraction of sp³-hybridized carbons (Fsp3) is 0.0400. The molecule has 2 amide bonds. The van der Waals surface area contributed by atoms with E-state index < -0.39 is 27.3 Å². The molecule has 39 heavy (non-hydrogen) atoms. The molecule has 0 radical (unpaired) electrons. The summed E-state index contributed by atoms with van der Waals surface area (Å²) < 4.78 is 27.6. The Kier molecular flexibility index (Phi) is 7.19. The van der Waals surface area contributed by atoms with Crippen molar-refractivity contribution in [3.63, 3.8) is 0 Å². The van der Waals surface area contributed by atoms with Gasteiger partial charge in [-0.25, -0.2) is 27.3 Å². The van der Waals surface area contributed by atoms with Crippen LogP contribution < -0.4 is 26.6 Å². The number of benzene rings is 2. The molecule has 0 saturated heterocycles. The molecule has 11 nitrogen and oxygen atoms in total. The minimum Gasteiger partial charge on any atom is -0.381 e. The van der Waals surface area contributed by atoms with Crippen molar-refractivity contribution in [2.75, 3.05) is 10.6 Å². The molecule has 14 heteroatoms. The molecular formula is C25H19ClN6O5S2. The Morgan fingerprint density at radius 3 is 2.49 bits per heavy atom. The number of sulfonamides is 1. The van der Waals surface area contributed by atoms with Crippen LogP contribution in [0.3, 0.4) is 0 Å². The number of urea groups is 1. The van der Waals surface area contributed by atoms with Gasteiger partial charge in [-0.2, -0.15) is 0 Å². The predicted octanol–water partition coefficient (Wildman–Crippen LogP) is 3.91. The van der Waals surface area contributed by atoms with Crippen molar-refractivity contribution in [1.82, 2.24) is 19.3 Å². The first-order valence-electron chi connectivity index (χ1n) is 11.3. The van der Waals surface area contributed by atoms with Gasteiger partial charge in [0.1, 0.15) is 4.21 Å². The zero-order valence-corrected chi connectivity index (χ0v) is 22.2. The molecule has 0 unspecified atom stereocenters. The number of H-pyrrole nitrogens is 1. The molecule has 5 rings (SSSR count). The predicted molar refractivity (Wildman–Crippen MR) is 150 cm³/mol. The van der Waals surface area contributed by atoms with Crippen LogP contribution in [0, 0.1) is 0 Å². The van der Waals surface area contributed by atoms with Crippen molar-refractivity contribution in [3.8, 4) is 5.69 Å². The lowest BCUT2D eigenvalue weighted by Crippen LogP contribution is -2.34. The molecular weight excluding hydrogens is 564 g/mol. The number of halogens is 1. The Labute approximate surface area is 230 Å². The molecule has 0 bridgehead atoms. The van der Waals surface area contributed by atoms with Crippen LogP contribution in [0.5, 0.6) is 0 Å². The Balaban J connectivity index is 1.32. The fourth-order valence-electron chi connectivity index (χ4n) is 3.73. The van der Waals surface area contributed by atoms with E-state index in [1.54, 1.807) is 30.6 Å². The molecule has 198 valence electrons. The van der Waals surface area contributed by atoms with Crippen molar-refractivity contribution in [2.24, 2.45) is 0 Å². The Morgan fingerprint density at radius 2 is 1.79 bits per heavy atom. The smallest absolute Gasteiger partial charge is 0.333 e. The zero-order chi connectivity index (χ0) is 27.6. The number of anilines is 2. The SMILES string of the molecule is O=C(Nc1ccc(-n2c(=O)[nH]c3cc(NCc4cccnc4)ccc3c2=O)cc1)NS(=O)(=O)c1ccc(Cl)s1. The van der Waals surface area contributed by atoms with Crippen LogP contribution in [0.1, 0.15) is 5.56 Å². The molecule has 4 N–H and O–H groups in total. The topological polar surface area (TPSA) is 155 Å². The van der Waals surface area contributed by atoms with Gasteiger partial charge >= 0.3 is 11.7 Å². The van der Waals surface area contributed by atoms with Crippen molar-refractivity contribution < 1.29 is 13.2 Å². The summed E-state index contributed by atoms with van der Waals surface area (Å²) in [7, 11) is -4.09. The van der Waals surface area contributed by atoms with Crippen molar-refractivity contribution in [3.05, 3.63) is 110 Å². The maximum Gasteiger partial charge on any atom is 0.333 e. The summed E-state index contributed by atoms with van der Waals surface area (Å²) in [6, 6.07) is 16.3. The van der Waals surface area contributed by atoms with E-state index in [0.29, 0.717) is 17.4 Å². The molecule has 0 spiro atoms. The van der Waals surface area contributed by atoms with Gasteiger partial charge in [0.25, 0.3) is 15.6 Å². The summed E-state index contributed by atoms with van der Waals surface area (Å²) in [5.74, 6) is 0. The quantitative estimate of drug-likeness (QED) is 0.227. The number of hydrogen-bond donors (Lipinski definition) is 4. The number of carbonyl (C=O) groups is 1. The lowest BCUT2D eigenvalue weighted by molar-refractivity contribution is 0.256. The van der Waals surface area contributed by atoms with Gasteiger partial charge in [0.2, 0.25) is 0 Å². The third-order valence-electron chi connectivity index (χ3n) is 5.54. The Hall–Kier alpha value is -4.46. The van der Waals surface area contributed by atoms with Gasteiger partial charge in [-0.15, -0.1) is 11.3 Å². The van der Waals surface area contributed by atoms with Crippen LogP contribution in [0.4, 0.5) is 16.2 Å². The Bertz CT molecular complexity index is 1900. The zero-order valence-electron chi connectivity index (χ0n) is 19.8. The largest absolute Gasteiger partial charge is 0.381 e. The van der Waals surface area contributed by atoms with E-state index in [4.69, 9.17) is 11.6 Å². The summed E-state index contributed by atoms with van der Waals surface area (Å²) in [6.07, 6.45) is 3.43. The van der Waals surface area contributed by atoms with E-state index in [-0.39, 0.29) is 19.9 Å². The summed E-state index contributed by atoms with van der Waals surface area (Å²) >= 11 is 6.58. The van der Waals surface area contributed by atoms with Gasteiger partial charge in [0, 0.05) is 30.3 Å². The highest BCUT2D eigenvalue weighted by molar-refractivity contribution is 7.92. The molecule has 2 aromatic carbocycles. The van der Waals surface area contributed by atoms with Crippen molar-refractivity contribution >= 4 is 61.3 Å². The molecule has 3 heterocycles. The fourth-order valence-corrected chi connectivity index (χ4v) is 6.12. The van der Waals surface area contributed by atoms with E-state index in [9.17, 15) is 22.8 Å². The number of amides is 2. The molecule has 0 saturated carbocycles. The first-order chi connectivity index (χ1) is 18.7. The minimum absolute atomic E-state index is 0.107. The average molecular weight is 583 g/mol. The second-order valence-electron chi connectivity index (χ2n) is 8.21. The van der Waals surface area contributed by atoms with Gasteiger partial charge in [-0.3, -0.25) is 9.78 Å². The number of fused-ring (bicyclic) bond motifs is 1. The number of nitrogens with one attached hydrogen (secondary N) is 4. The second kappa shape index (κ2) is 10.7. The van der Waals surface area contributed by atoms with Crippen molar-refractivity contribution in [2.45, 2.75) is 10.8 Å². The molecule has 5 aromatic rings. The summed E-state index contributed by atoms with van der Waals surface area (Å²) in [5, 5.41) is 5.94. The van der Waals surface area contributed by atoms with Crippen LogP contribution in [0.25, 0.3) is 16.6 Å². The molecule has 3 aromatic heterocycles. The van der Waals surface area contributed by atoms with Crippen LogP contribution in [0.15, 0.2) is 92.9 Å². The van der Waals surface area contributed by atoms with Gasteiger partial charge < -0.3 is 15.6 Å². The molecule has 0 aliphatic carbocycles. The maximum absolute atomic E-state index is 13.2. The highest BCUT2D eigenvalue weighted by Crippen LogP contribution is 2.25. The first kappa shape index (κ1) is 26.2. The van der Waals surface area contributed by atoms with E-state index in [1.807, 2.05) is 16.9 Å². The molecule has 0 atom stereocenters. The number of aromatic amines is 1. The summed E-state index contributed by atoms with van der Waals surface area (Å²) in [6.45, 7) is 0.521. The Morgan fingerprint density at radius 1 is 1.03 bits per heavy atom. The van der Waals surface area contributed by atoms with Crippen LogP contribution >= 0.6 is 22.9 Å². The number of hydrogen-bond acceptors (Lipinski definition) is 8. The summed E-state index contributed by atoms with van der Waals surface area (Å²) in [5.41, 5.74) is 1.41. The lowest BCUT2D eigenvalue weighted by Gasteiger charge is -2.11. The van der Waals surface area contributed by atoms with Gasteiger partial charge in [-0.1, -0.05) is 17.7 Å². The van der Waals surface area contributed by atoms with Gasteiger partial charge in [-0.05, 0) is 66.2 Å². The number of carbonyl (C=O) groups excluding carboxylic acids is 1. The van der Waals surface area contributed by atoms with Gasteiger partial charge in [0.15, 0.2) is 0 Å². The maximum atomic E-state index is 13.2. The molecule has 0 fully saturated rings. The lowest BCUT2D eigenvalue weighted by atomic mass is 10.2. The minimum atomic E-state index is -4.09. The van der Waals surface area contributed by atoms with E-state index >= 15 is 0 Å². The third kappa shape index (κ3) is 5.85. The average Bonchev–Trinajstić information content (AvgIpc) is 3.36. The standard InChI is InChI=1S/C25H19ClN6O5S2/c26-21-9-10-22(38-21)39(36,37)31-24(34)29-16-3-6-18(7-4-16)32-23(33)19-8-5-17(12-20(19)30-25(32)35)28-14-15-2-1-11-27-13-15/h1-13,28H,14H2,(H,30,35)(H2,29,31,34). The first-order valence-corrected chi connectivity index (χ1v) is 14.0. The van der Waals surface area contributed by atoms with Crippen molar-refractivity contribution in [1.29, 1.82) is 0 Å².